The Kier molecular flexibility index (Phi) is 4.71. The number of hydrogen-bond donors (Lipinski definition) is 1. The number of halogens is 1. The smallest absolute Gasteiger partial charge is 0.395 e. The minimum atomic E-state index is -0.712. The Labute approximate surface area is 147 Å². The molecule has 1 aliphatic heterocycles. The molecule has 1 fully saturated rings. The van der Waals surface area contributed by atoms with Crippen LogP contribution in [0.25, 0.3) is 0 Å². The topological polar surface area (TPSA) is 106 Å². The second-order valence-corrected chi connectivity index (χ2v) is 6.09. The van der Waals surface area contributed by atoms with Gasteiger partial charge in [0.25, 0.3) is 5.91 Å². The summed E-state index contributed by atoms with van der Waals surface area (Å²) in [5.74, 6) is -1.27. The molecule has 3 rings (SSSR count). The van der Waals surface area contributed by atoms with Crippen LogP contribution in [0.15, 0.2) is 40.8 Å². The van der Waals surface area contributed by atoms with Gasteiger partial charge < -0.3 is 14.6 Å². The molecule has 1 atom stereocenters. The Balaban J connectivity index is 1.57. The van der Waals surface area contributed by atoms with Crippen molar-refractivity contribution in [2.45, 2.75) is 6.42 Å². The van der Waals surface area contributed by atoms with Gasteiger partial charge in [0.1, 0.15) is 4.92 Å². The second kappa shape index (κ2) is 6.94. The first-order valence-corrected chi connectivity index (χ1v) is 7.90. The number of hydrogen-bond acceptors (Lipinski definition) is 5. The van der Waals surface area contributed by atoms with Gasteiger partial charge in [0.2, 0.25) is 5.91 Å². The third-order valence-corrected chi connectivity index (χ3v) is 4.14. The number of carbonyl (C=O) groups is 2. The number of amides is 2. The van der Waals surface area contributed by atoms with E-state index in [1.165, 1.54) is 6.07 Å². The van der Waals surface area contributed by atoms with Crippen LogP contribution in [0.3, 0.4) is 0 Å². The maximum Gasteiger partial charge on any atom is 0.433 e. The van der Waals surface area contributed by atoms with E-state index in [2.05, 4.69) is 5.32 Å². The molecule has 0 bridgehead atoms. The summed E-state index contributed by atoms with van der Waals surface area (Å²) in [7, 11) is 0. The third-order valence-electron chi connectivity index (χ3n) is 3.89. The number of anilines is 1. The number of nitrogens with one attached hydrogen (secondary N) is 1. The summed E-state index contributed by atoms with van der Waals surface area (Å²) in [6, 6.07) is 9.32. The molecule has 2 heterocycles. The van der Waals surface area contributed by atoms with Gasteiger partial charge in [-0.25, -0.2) is 0 Å². The number of rotatable bonds is 5. The van der Waals surface area contributed by atoms with E-state index in [0.717, 1.165) is 11.8 Å². The Morgan fingerprint density at radius 1 is 1.32 bits per heavy atom. The van der Waals surface area contributed by atoms with E-state index < -0.39 is 16.7 Å². The predicted molar refractivity (Wildman–Crippen MR) is 89.6 cm³/mol. The fraction of sp³-hybridized carbons (Fsp3) is 0.250. The molecule has 8 nitrogen and oxygen atoms in total. The average molecular weight is 364 g/mol. The molecule has 1 aliphatic rings. The molecule has 2 amide bonds. The van der Waals surface area contributed by atoms with Gasteiger partial charge in [-0.3, -0.25) is 19.7 Å². The van der Waals surface area contributed by atoms with Crippen molar-refractivity contribution >= 4 is 35.0 Å². The summed E-state index contributed by atoms with van der Waals surface area (Å²) >= 11 is 5.85. The highest BCUT2D eigenvalue weighted by Crippen LogP contribution is 2.26. The first-order valence-electron chi connectivity index (χ1n) is 7.52. The molecule has 1 saturated heterocycles. The van der Waals surface area contributed by atoms with E-state index in [9.17, 15) is 19.7 Å². The van der Waals surface area contributed by atoms with Gasteiger partial charge in [0.15, 0.2) is 5.76 Å². The quantitative estimate of drug-likeness (QED) is 0.649. The monoisotopic (exact) mass is 363 g/mol. The number of benzene rings is 1. The SMILES string of the molecule is O=C(NC[C@H]1CC(=O)N(c2ccc(Cl)cc2)C1)c1ccc([N+](=O)[O-])o1. The highest BCUT2D eigenvalue weighted by atomic mass is 35.5. The summed E-state index contributed by atoms with van der Waals surface area (Å²) in [6.45, 7) is 0.738. The number of nitrogens with zero attached hydrogens (tertiary/aromatic N) is 2. The van der Waals surface area contributed by atoms with Crippen molar-refractivity contribution in [1.82, 2.24) is 5.32 Å². The normalized spacial score (nSPS) is 16.9. The first-order chi connectivity index (χ1) is 11.9. The zero-order valence-corrected chi connectivity index (χ0v) is 13.7. The Bertz CT molecular complexity index is 817. The molecule has 2 aromatic rings. The molecule has 0 saturated carbocycles. The number of nitro groups is 1. The Morgan fingerprint density at radius 3 is 2.68 bits per heavy atom. The maximum atomic E-state index is 12.1. The van der Waals surface area contributed by atoms with Crippen molar-refractivity contribution in [3.8, 4) is 0 Å². The first kappa shape index (κ1) is 17.0. The highest BCUT2D eigenvalue weighted by Gasteiger charge is 2.31. The minimum absolute atomic E-state index is 0.0322. The standard InChI is InChI=1S/C16H14ClN3O5/c17-11-1-3-12(4-2-11)19-9-10(7-14(19)21)8-18-16(22)13-5-6-15(25-13)20(23)24/h1-6,10H,7-9H2,(H,18,22)/t10-/m1/s1. The minimum Gasteiger partial charge on any atom is -0.395 e. The van der Waals surface area contributed by atoms with Gasteiger partial charge >= 0.3 is 5.88 Å². The van der Waals surface area contributed by atoms with E-state index in [0.29, 0.717) is 18.0 Å². The Morgan fingerprint density at radius 2 is 2.04 bits per heavy atom. The number of carbonyl (C=O) groups excluding carboxylic acids is 2. The van der Waals surface area contributed by atoms with Gasteiger partial charge in [-0.1, -0.05) is 11.6 Å². The lowest BCUT2D eigenvalue weighted by Gasteiger charge is -2.17. The molecule has 0 spiro atoms. The largest absolute Gasteiger partial charge is 0.433 e. The van der Waals surface area contributed by atoms with Gasteiger partial charge in [-0.15, -0.1) is 0 Å². The molecule has 1 aromatic heterocycles. The van der Waals surface area contributed by atoms with Crippen LogP contribution in [0, 0.1) is 16.0 Å². The van der Waals surface area contributed by atoms with Crippen LogP contribution in [0.1, 0.15) is 17.0 Å². The third kappa shape index (κ3) is 3.80. The molecule has 130 valence electrons. The maximum absolute atomic E-state index is 12.1. The predicted octanol–water partition coefficient (Wildman–Crippen LogP) is 2.62. The molecule has 9 heteroatoms. The van der Waals surface area contributed by atoms with Crippen LogP contribution in [-0.4, -0.2) is 29.8 Å². The summed E-state index contributed by atoms with van der Waals surface area (Å²) in [5, 5.41) is 13.8. The molecule has 0 aliphatic carbocycles. The highest BCUT2D eigenvalue weighted by molar-refractivity contribution is 6.30. The van der Waals surface area contributed by atoms with Crippen molar-refractivity contribution in [3.05, 3.63) is 57.3 Å². The summed E-state index contributed by atoms with van der Waals surface area (Å²) in [6.07, 6.45) is 0.307. The Hall–Kier alpha value is -2.87. The molecular weight excluding hydrogens is 350 g/mol. The summed E-state index contributed by atoms with van der Waals surface area (Å²) in [5.41, 5.74) is 0.755. The fourth-order valence-corrected chi connectivity index (χ4v) is 2.79. The van der Waals surface area contributed by atoms with Crippen molar-refractivity contribution < 1.29 is 18.9 Å². The molecule has 0 radical (unpaired) electrons. The summed E-state index contributed by atoms with van der Waals surface area (Å²) < 4.78 is 4.84. The van der Waals surface area contributed by atoms with Crippen LogP contribution in [0.2, 0.25) is 5.02 Å². The van der Waals surface area contributed by atoms with Crippen LogP contribution < -0.4 is 10.2 Å². The van der Waals surface area contributed by atoms with Crippen LogP contribution in [0.4, 0.5) is 11.6 Å². The van der Waals surface area contributed by atoms with E-state index in [1.54, 1.807) is 29.2 Å². The van der Waals surface area contributed by atoms with Gasteiger partial charge in [-0.05, 0) is 30.3 Å². The zero-order chi connectivity index (χ0) is 18.0. The van der Waals surface area contributed by atoms with Gasteiger partial charge in [0, 0.05) is 36.1 Å². The molecule has 25 heavy (non-hydrogen) atoms. The average Bonchev–Trinajstić information content (AvgIpc) is 3.20. The van der Waals surface area contributed by atoms with Gasteiger partial charge in [0.05, 0.1) is 6.07 Å². The van der Waals surface area contributed by atoms with Gasteiger partial charge in [-0.2, -0.15) is 0 Å². The molecular formula is C16H14ClN3O5. The molecule has 1 N–H and O–H groups in total. The lowest BCUT2D eigenvalue weighted by atomic mass is 10.1. The molecule has 1 aromatic carbocycles. The fourth-order valence-electron chi connectivity index (χ4n) is 2.66. The van der Waals surface area contributed by atoms with E-state index in [-0.39, 0.29) is 24.1 Å². The summed E-state index contributed by atoms with van der Waals surface area (Å²) in [4.78, 5) is 35.6. The van der Waals surface area contributed by atoms with E-state index >= 15 is 0 Å². The van der Waals surface area contributed by atoms with Crippen molar-refractivity contribution in [2.75, 3.05) is 18.0 Å². The van der Waals surface area contributed by atoms with Crippen LogP contribution >= 0.6 is 11.6 Å². The second-order valence-electron chi connectivity index (χ2n) is 5.66. The van der Waals surface area contributed by atoms with Crippen LogP contribution in [0.5, 0.6) is 0 Å². The van der Waals surface area contributed by atoms with Crippen molar-refractivity contribution in [3.63, 3.8) is 0 Å². The van der Waals surface area contributed by atoms with Crippen LogP contribution in [-0.2, 0) is 4.79 Å². The zero-order valence-electron chi connectivity index (χ0n) is 13.0. The lowest BCUT2D eigenvalue weighted by molar-refractivity contribution is -0.402. The van der Waals surface area contributed by atoms with Crippen molar-refractivity contribution in [2.24, 2.45) is 5.92 Å². The van der Waals surface area contributed by atoms with E-state index in [4.69, 9.17) is 16.0 Å². The van der Waals surface area contributed by atoms with E-state index in [1.807, 2.05) is 0 Å². The molecule has 0 unspecified atom stereocenters. The lowest BCUT2D eigenvalue weighted by Crippen LogP contribution is -2.31. The van der Waals surface area contributed by atoms with Crippen molar-refractivity contribution in [1.29, 1.82) is 0 Å². The number of furan rings is 1.